The van der Waals surface area contributed by atoms with Crippen LogP contribution in [0.1, 0.15) is 34.3 Å². The van der Waals surface area contributed by atoms with Crippen LogP contribution in [-0.2, 0) is 10.9 Å². The topological polar surface area (TPSA) is 122 Å². The van der Waals surface area contributed by atoms with E-state index in [2.05, 4.69) is 5.32 Å². The molecular formula is C25H21F3N2O6. The zero-order valence-electron chi connectivity index (χ0n) is 18.6. The molecule has 0 aromatic heterocycles. The zero-order valence-corrected chi connectivity index (χ0v) is 18.6. The molecule has 4 rings (SSSR count). The molecule has 11 heteroatoms. The third-order valence-electron chi connectivity index (χ3n) is 6.04. The number of amides is 1. The number of hydrogen-bond donors (Lipinski definition) is 3. The second-order valence-corrected chi connectivity index (χ2v) is 8.25. The van der Waals surface area contributed by atoms with E-state index < -0.39 is 52.8 Å². The van der Waals surface area contributed by atoms with Gasteiger partial charge in [0.2, 0.25) is 0 Å². The molecule has 3 aromatic carbocycles. The fourth-order valence-corrected chi connectivity index (χ4v) is 4.28. The summed E-state index contributed by atoms with van der Waals surface area (Å²) in [4.78, 5) is 22.4. The lowest BCUT2D eigenvalue weighted by Crippen LogP contribution is -2.36. The number of benzene rings is 3. The normalized spacial score (nSPS) is 14.5. The minimum atomic E-state index is -4.82. The van der Waals surface area contributed by atoms with E-state index in [-0.39, 0.29) is 18.6 Å². The molecule has 3 N–H and O–H groups in total. The van der Waals surface area contributed by atoms with Gasteiger partial charge in [-0.3, -0.25) is 10.1 Å². The Hall–Kier alpha value is -3.96. The van der Waals surface area contributed by atoms with Crippen LogP contribution in [0.25, 0.3) is 11.1 Å². The van der Waals surface area contributed by atoms with Crippen molar-refractivity contribution in [3.63, 3.8) is 0 Å². The first kappa shape index (κ1) is 25.1. The highest BCUT2D eigenvalue weighted by Gasteiger charge is 2.35. The maximum absolute atomic E-state index is 12.9. The molecule has 2 atom stereocenters. The number of halogens is 3. The van der Waals surface area contributed by atoms with Gasteiger partial charge in [-0.2, -0.15) is 13.2 Å². The third kappa shape index (κ3) is 5.02. The smallest absolute Gasteiger partial charge is 0.416 e. The molecule has 1 aliphatic carbocycles. The monoisotopic (exact) mass is 502 g/mol. The lowest BCUT2D eigenvalue weighted by Gasteiger charge is -2.20. The van der Waals surface area contributed by atoms with Gasteiger partial charge >= 0.3 is 12.3 Å². The summed E-state index contributed by atoms with van der Waals surface area (Å²) in [6.07, 6.45) is -9.40. The lowest BCUT2D eigenvalue weighted by atomic mass is 9.98. The summed E-state index contributed by atoms with van der Waals surface area (Å²) in [5, 5.41) is 34.1. The predicted octanol–water partition coefficient (Wildman–Crippen LogP) is 4.55. The van der Waals surface area contributed by atoms with Crippen LogP contribution < -0.4 is 5.32 Å². The van der Waals surface area contributed by atoms with E-state index in [1.165, 1.54) is 0 Å². The number of carbonyl (C=O) groups excluding carboxylic acids is 1. The maximum Gasteiger partial charge on any atom is 0.416 e. The Balaban J connectivity index is 1.38. The molecule has 0 spiro atoms. The summed E-state index contributed by atoms with van der Waals surface area (Å²) in [6.45, 7) is -0.557. The molecule has 0 heterocycles. The van der Waals surface area contributed by atoms with Crippen molar-refractivity contribution in [2.24, 2.45) is 0 Å². The van der Waals surface area contributed by atoms with Crippen molar-refractivity contribution in [1.82, 2.24) is 5.32 Å². The molecule has 188 valence electrons. The highest BCUT2D eigenvalue weighted by atomic mass is 19.4. The van der Waals surface area contributed by atoms with Crippen LogP contribution in [0.2, 0.25) is 0 Å². The Morgan fingerprint density at radius 3 is 2.17 bits per heavy atom. The van der Waals surface area contributed by atoms with E-state index in [1.807, 2.05) is 48.5 Å². The molecule has 0 saturated heterocycles. The predicted molar refractivity (Wildman–Crippen MR) is 122 cm³/mol. The number of ether oxygens (including phenoxy) is 1. The molecule has 36 heavy (non-hydrogen) atoms. The first-order valence-corrected chi connectivity index (χ1v) is 10.9. The second-order valence-electron chi connectivity index (χ2n) is 8.25. The number of alkyl carbamates (subject to hydrolysis) is 1. The zero-order chi connectivity index (χ0) is 26.0. The Bertz CT molecular complexity index is 1250. The average Bonchev–Trinajstić information content (AvgIpc) is 3.18. The first-order chi connectivity index (χ1) is 17.1. The Labute approximate surface area is 203 Å². The summed E-state index contributed by atoms with van der Waals surface area (Å²) < 4.78 is 44.0. The number of hydrogen-bond acceptors (Lipinski definition) is 6. The summed E-state index contributed by atoms with van der Waals surface area (Å²) in [6, 6.07) is 17.0. The number of nitrogens with zero attached hydrogens (tertiary/aromatic N) is 1. The van der Waals surface area contributed by atoms with Crippen LogP contribution in [-0.4, -0.2) is 40.5 Å². The van der Waals surface area contributed by atoms with Crippen molar-refractivity contribution in [3.8, 4) is 11.1 Å². The van der Waals surface area contributed by atoms with Crippen molar-refractivity contribution in [1.29, 1.82) is 0 Å². The van der Waals surface area contributed by atoms with Crippen molar-refractivity contribution in [2.45, 2.75) is 24.3 Å². The lowest BCUT2D eigenvalue weighted by molar-refractivity contribution is -0.386. The van der Waals surface area contributed by atoms with Gasteiger partial charge < -0.3 is 20.3 Å². The van der Waals surface area contributed by atoms with Crippen molar-refractivity contribution in [3.05, 3.63) is 99.1 Å². The summed E-state index contributed by atoms with van der Waals surface area (Å²) in [7, 11) is 0. The van der Waals surface area contributed by atoms with Gasteiger partial charge in [0, 0.05) is 18.5 Å². The number of nitrogens with one attached hydrogen (secondary N) is 1. The second kappa shape index (κ2) is 9.96. The molecule has 1 aliphatic rings. The van der Waals surface area contributed by atoms with Crippen molar-refractivity contribution in [2.75, 3.05) is 13.2 Å². The van der Waals surface area contributed by atoms with Gasteiger partial charge in [0.1, 0.15) is 18.8 Å². The quantitative estimate of drug-likeness (QED) is 0.322. The first-order valence-electron chi connectivity index (χ1n) is 10.9. The number of aliphatic hydroxyl groups is 2. The Kier molecular flexibility index (Phi) is 6.95. The van der Waals surface area contributed by atoms with Gasteiger partial charge in [-0.1, -0.05) is 48.5 Å². The molecular weight excluding hydrogens is 481 g/mol. The Morgan fingerprint density at radius 2 is 1.61 bits per heavy atom. The van der Waals surface area contributed by atoms with E-state index >= 15 is 0 Å². The summed E-state index contributed by atoms with van der Waals surface area (Å²) >= 11 is 0. The van der Waals surface area contributed by atoms with E-state index in [9.17, 15) is 38.3 Å². The van der Waals surface area contributed by atoms with Crippen LogP contribution in [0, 0.1) is 10.1 Å². The molecule has 8 nitrogen and oxygen atoms in total. The standard InChI is InChI=1S/C25H21F3N2O6/c26-25(27,28)14-9-10-19(21(11-14)30(34)35)23(32)22(31)12-29-24(33)36-13-20-17-7-3-1-5-15(17)16-6-2-4-8-18(16)20/h1-11,20,22-23,31-32H,12-13H2,(H,29,33). The molecule has 0 radical (unpaired) electrons. The van der Waals surface area contributed by atoms with Gasteiger partial charge in [-0.15, -0.1) is 0 Å². The van der Waals surface area contributed by atoms with Gasteiger partial charge in [0.15, 0.2) is 0 Å². The number of nitro benzene ring substituents is 1. The minimum Gasteiger partial charge on any atom is -0.449 e. The molecule has 0 fully saturated rings. The SMILES string of the molecule is O=C(NCC(O)C(O)c1ccc(C(F)(F)F)cc1[N+](=O)[O-])OCC1c2ccccc2-c2ccccc21. The number of aliphatic hydroxyl groups excluding tert-OH is 2. The van der Waals surface area contributed by atoms with Crippen LogP contribution in [0.4, 0.5) is 23.7 Å². The fourth-order valence-electron chi connectivity index (χ4n) is 4.28. The van der Waals surface area contributed by atoms with Crippen LogP contribution in [0.5, 0.6) is 0 Å². The molecule has 0 aliphatic heterocycles. The summed E-state index contributed by atoms with van der Waals surface area (Å²) in [5.41, 5.74) is 1.29. The van der Waals surface area contributed by atoms with Gasteiger partial charge in [-0.25, -0.2) is 4.79 Å². The molecule has 3 aromatic rings. The van der Waals surface area contributed by atoms with E-state index in [4.69, 9.17) is 4.74 Å². The third-order valence-corrected chi connectivity index (χ3v) is 6.04. The number of nitro groups is 1. The summed E-state index contributed by atoms with van der Waals surface area (Å²) in [5.74, 6) is -0.200. The van der Waals surface area contributed by atoms with E-state index in [0.717, 1.165) is 28.3 Å². The largest absolute Gasteiger partial charge is 0.449 e. The van der Waals surface area contributed by atoms with Gasteiger partial charge in [-0.05, 0) is 34.4 Å². The minimum absolute atomic E-state index is 0.00286. The molecule has 0 saturated carbocycles. The highest BCUT2D eigenvalue weighted by Crippen LogP contribution is 2.44. The van der Waals surface area contributed by atoms with Crippen LogP contribution in [0.15, 0.2) is 66.7 Å². The highest BCUT2D eigenvalue weighted by molar-refractivity contribution is 5.79. The van der Waals surface area contributed by atoms with Gasteiger partial charge in [0.25, 0.3) is 5.69 Å². The Morgan fingerprint density at radius 1 is 1.03 bits per heavy atom. The fraction of sp³-hybridized carbons (Fsp3) is 0.240. The van der Waals surface area contributed by atoms with Crippen molar-refractivity contribution < 1.29 is 37.8 Å². The van der Waals surface area contributed by atoms with Crippen LogP contribution in [0.3, 0.4) is 0 Å². The number of rotatable bonds is 7. The van der Waals surface area contributed by atoms with Crippen molar-refractivity contribution >= 4 is 11.8 Å². The molecule has 1 amide bonds. The average molecular weight is 502 g/mol. The van der Waals surface area contributed by atoms with E-state index in [0.29, 0.717) is 6.07 Å². The van der Waals surface area contributed by atoms with Gasteiger partial charge in [0.05, 0.1) is 16.1 Å². The number of fused-ring (bicyclic) bond motifs is 3. The maximum atomic E-state index is 12.9. The van der Waals surface area contributed by atoms with E-state index in [1.54, 1.807) is 0 Å². The molecule has 2 unspecified atom stereocenters. The number of alkyl halides is 3. The number of carbonyl (C=O) groups is 1. The molecule has 0 bridgehead atoms. The van der Waals surface area contributed by atoms with Crippen LogP contribution >= 0.6 is 0 Å².